The normalized spacial score (nSPS) is 22.5. The third kappa shape index (κ3) is 6.43. The summed E-state index contributed by atoms with van der Waals surface area (Å²) < 4.78 is 0. The molecule has 2 amide bonds. The molecule has 6 atom stereocenters. The Labute approximate surface area is 282 Å². The Balaban J connectivity index is 1.13. The Bertz CT molecular complexity index is 1600. The highest BCUT2D eigenvalue weighted by molar-refractivity contribution is 5.82. The minimum atomic E-state index is -1.02. The molecule has 48 heavy (non-hydrogen) atoms. The van der Waals surface area contributed by atoms with Crippen LogP contribution in [0.15, 0.2) is 60.9 Å². The Morgan fingerprint density at radius 1 is 0.625 bits per heavy atom. The lowest BCUT2D eigenvalue weighted by atomic mass is 10.0. The molecular weight excluding hydrogens is 604 g/mol. The van der Waals surface area contributed by atoms with Crippen molar-refractivity contribution in [1.82, 2.24) is 29.7 Å². The number of carbonyl (C=O) groups is 2. The Morgan fingerprint density at radius 2 is 0.958 bits per heavy atom. The second-order valence-corrected chi connectivity index (χ2v) is 14.2. The van der Waals surface area contributed by atoms with E-state index < -0.39 is 12.2 Å². The molecule has 10 heteroatoms. The van der Waals surface area contributed by atoms with E-state index in [1.54, 1.807) is 9.80 Å². The average molecular weight is 653 g/mol. The molecule has 0 spiro atoms. The van der Waals surface area contributed by atoms with Gasteiger partial charge in [-0.05, 0) is 62.5 Å². The van der Waals surface area contributed by atoms with Gasteiger partial charge in [-0.15, -0.1) is 0 Å². The summed E-state index contributed by atoms with van der Waals surface area (Å²) in [4.78, 5) is 46.1. The second kappa shape index (κ2) is 13.7. The fraction of sp³-hybridized carbons (Fsp3) is 0.474. The van der Waals surface area contributed by atoms with E-state index in [2.05, 4.69) is 58.5 Å². The van der Waals surface area contributed by atoms with E-state index in [0.717, 1.165) is 71.0 Å². The van der Waals surface area contributed by atoms with E-state index >= 15 is 0 Å². The molecule has 2 aliphatic heterocycles. The Kier molecular flexibility index (Phi) is 9.58. The van der Waals surface area contributed by atoms with Crippen molar-refractivity contribution in [2.24, 2.45) is 11.8 Å². The van der Waals surface area contributed by atoms with Gasteiger partial charge in [-0.3, -0.25) is 9.59 Å². The number of likely N-dealkylation sites (tertiary alicyclic amines) is 2. The lowest BCUT2D eigenvalue weighted by Crippen LogP contribution is -2.44. The van der Waals surface area contributed by atoms with Crippen LogP contribution in [0.5, 0.6) is 0 Å². The second-order valence-electron chi connectivity index (χ2n) is 14.2. The molecule has 2 aliphatic rings. The average Bonchev–Trinajstić information content (AvgIpc) is 3.90. The molecule has 254 valence electrons. The predicted molar refractivity (Wildman–Crippen MR) is 185 cm³/mol. The first kappa shape index (κ1) is 33.6. The molecular formula is C38H48N6O4. The molecule has 10 nitrogen and oxygen atoms in total. The number of hydrogen-bond donors (Lipinski definition) is 4. The maximum Gasteiger partial charge on any atom is 0.252 e. The monoisotopic (exact) mass is 652 g/mol. The maximum atomic E-state index is 13.1. The molecule has 0 unspecified atom stereocenters. The van der Waals surface area contributed by atoms with Gasteiger partial charge in [0.05, 0.1) is 23.5 Å². The van der Waals surface area contributed by atoms with Crippen LogP contribution in [0.1, 0.15) is 91.0 Å². The zero-order chi connectivity index (χ0) is 34.3. The molecule has 4 heterocycles. The highest BCUT2D eigenvalue weighted by Gasteiger charge is 2.41. The third-order valence-corrected chi connectivity index (χ3v) is 10.1. The van der Waals surface area contributed by atoms with Gasteiger partial charge in [0, 0.05) is 35.6 Å². The van der Waals surface area contributed by atoms with E-state index in [1.165, 1.54) is 0 Å². The van der Waals surface area contributed by atoms with Crippen molar-refractivity contribution in [2.45, 2.75) is 104 Å². The Hall–Kier alpha value is -4.28. The highest BCUT2D eigenvalue weighted by atomic mass is 16.3. The van der Waals surface area contributed by atoms with Crippen LogP contribution in [0.3, 0.4) is 0 Å². The van der Waals surface area contributed by atoms with Crippen molar-refractivity contribution in [3.63, 3.8) is 0 Å². The van der Waals surface area contributed by atoms with Crippen LogP contribution in [0.4, 0.5) is 0 Å². The summed E-state index contributed by atoms with van der Waals surface area (Å²) in [7, 11) is 0. The van der Waals surface area contributed by atoms with Crippen LogP contribution in [0.25, 0.3) is 33.6 Å². The molecule has 6 rings (SSSR count). The van der Waals surface area contributed by atoms with Gasteiger partial charge in [0.2, 0.25) is 0 Å². The van der Waals surface area contributed by atoms with E-state index in [1.807, 2.05) is 53.9 Å². The van der Waals surface area contributed by atoms with Crippen LogP contribution in [-0.2, 0) is 9.59 Å². The fourth-order valence-electron chi connectivity index (χ4n) is 7.10. The third-order valence-electron chi connectivity index (χ3n) is 10.1. The standard InChI is InChI=1S/C38H48N6O4/c1-21(2)33(45)37(47)43-23(5)7-17-31(43)35-39-19-29(41-35)27-13-9-25(10-14-27)26-11-15-28(16-12-26)30-20-40-36(42-30)32-18-8-24(6)44(32)38(48)34(46)22(3)4/h9-16,19-24,31-34,45-46H,7-8,17-18H2,1-6H3,(H,39,41)(H,40,42)/t23-,24-,31-,32-,33-,34-/m0/s1. The van der Waals surface area contributed by atoms with Crippen molar-refractivity contribution in [3.8, 4) is 33.6 Å². The molecule has 4 aromatic rings. The number of benzene rings is 2. The largest absolute Gasteiger partial charge is 0.383 e. The highest BCUT2D eigenvalue weighted by Crippen LogP contribution is 2.38. The molecule has 2 fully saturated rings. The first-order valence-corrected chi connectivity index (χ1v) is 17.3. The van der Waals surface area contributed by atoms with Crippen LogP contribution in [-0.4, -0.2) is 76.1 Å². The fourth-order valence-corrected chi connectivity index (χ4v) is 7.10. The number of aliphatic hydroxyl groups excluding tert-OH is 2. The van der Waals surface area contributed by atoms with Crippen LogP contribution < -0.4 is 0 Å². The van der Waals surface area contributed by atoms with Crippen molar-refractivity contribution in [2.75, 3.05) is 0 Å². The van der Waals surface area contributed by atoms with Gasteiger partial charge in [0.25, 0.3) is 11.8 Å². The first-order chi connectivity index (χ1) is 22.9. The zero-order valence-electron chi connectivity index (χ0n) is 28.7. The molecule has 2 saturated heterocycles. The van der Waals surface area contributed by atoms with Gasteiger partial charge in [0.1, 0.15) is 23.9 Å². The number of carbonyl (C=O) groups excluding carboxylic acids is 2. The molecule has 0 radical (unpaired) electrons. The number of amides is 2. The van der Waals surface area contributed by atoms with Gasteiger partial charge in [-0.2, -0.15) is 0 Å². The molecule has 0 saturated carbocycles. The van der Waals surface area contributed by atoms with Gasteiger partial charge < -0.3 is 30.0 Å². The van der Waals surface area contributed by atoms with Gasteiger partial charge >= 0.3 is 0 Å². The summed E-state index contributed by atoms with van der Waals surface area (Å²) in [6, 6.07) is 16.3. The number of rotatable bonds is 9. The number of nitrogens with one attached hydrogen (secondary N) is 2. The number of nitrogens with zero attached hydrogens (tertiary/aromatic N) is 4. The quantitative estimate of drug-likeness (QED) is 0.168. The summed E-state index contributed by atoms with van der Waals surface area (Å²) >= 11 is 0. The summed E-state index contributed by atoms with van der Waals surface area (Å²) in [5.74, 6) is 0.736. The predicted octanol–water partition coefficient (Wildman–Crippen LogP) is 6.27. The van der Waals surface area contributed by atoms with Crippen molar-refractivity contribution >= 4 is 11.8 Å². The molecule has 0 bridgehead atoms. The van der Waals surface area contributed by atoms with E-state index in [-0.39, 0.29) is 47.8 Å². The van der Waals surface area contributed by atoms with Gasteiger partial charge in [-0.25, -0.2) is 9.97 Å². The zero-order valence-corrected chi connectivity index (χ0v) is 28.7. The summed E-state index contributed by atoms with van der Waals surface area (Å²) in [5, 5.41) is 20.9. The van der Waals surface area contributed by atoms with Gasteiger partial charge in [-0.1, -0.05) is 76.2 Å². The number of H-pyrrole nitrogens is 2. The number of aromatic amines is 2. The summed E-state index contributed by atoms with van der Waals surface area (Å²) in [6.45, 7) is 11.5. The first-order valence-electron chi connectivity index (χ1n) is 17.3. The van der Waals surface area contributed by atoms with E-state index in [4.69, 9.17) is 9.97 Å². The van der Waals surface area contributed by atoms with E-state index in [9.17, 15) is 19.8 Å². The van der Waals surface area contributed by atoms with Crippen LogP contribution >= 0.6 is 0 Å². The van der Waals surface area contributed by atoms with Crippen molar-refractivity contribution < 1.29 is 19.8 Å². The van der Waals surface area contributed by atoms with E-state index in [0.29, 0.717) is 0 Å². The number of imidazole rings is 2. The smallest absolute Gasteiger partial charge is 0.252 e. The van der Waals surface area contributed by atoms with Gasteiger partial charge in [0.15, 0.2) is 0 Å². The minimum absolute atomic E-state index is 0.0481. The maximum absolute atomic E-state index is 13.1. The Morgan fingerprint density at radius 3 is 1.29 bits per heavy atom. The molecule has 2 aromatic carbocycles. The number of aliphatic hydroxyl groups is 2. The number of aromatic nitrogens is 4. The SMILES string of the molecule is CC(C)[C@H](O)C(=O)N1[C@@H](C)CC[C@H]1c1nc(-c2ccc(-c3ccc(-c4c[nH]c([C@@H]5CC[C@H](C)N5C(=O)[C@@H](O)C(C)C)n4)cc3)cc2)c[nH]1. The number of hydrogen-bond acceptors (Lipinski definition) is 6. The van der Waals surface area contributed by atoms with Crippen LogP contribution in [0, 0.1) is 11.8 Å². The van der Waals surface area contributed by atoms with Crippen molar-refractivity contribution in [1.29, 1.82) is 0 Å². The molecule has 4 N–H and O–H groups in total. The van der Waals surface area contributed by atoms with Crippen molar-refractivity contribution in [3.05, 3.63) is 72.6 Å². The lowest BCUT2D eigenvalue weighted by Gasteiger charge is -2.30. The lowest BCUT2D eigenvalue weighted by molar-refractivity contribution is -0.146. The summed E-state index contributed by atoms with van der Waals surface area (Å²) in [6.07, 6.45) is 5.08. The molecule has 2 aromatic heterocycles. The molecule has 0 aliphatic carbocycles. The summed E-state index contributed by atoms with van der Waals surface area (Å²) in [5.41, 5.74) is 5.73. The minimum Gasteiger partial charge on any atom is -0.383 e. The topological polar surface area (TPSA) is 138 Å². The van der Waals surface area contributed by atoms with Crippen LogP contribution in [0.2, 0.25) is 0 Å².